The number of halogens is 3. The number of carbonyl (C=O) groups excluding carboxylic acids is 1. The first-order valence-electron chi connectivity index (χ1n) is 7.17. The van der Waals surface area contributed by atoms with Gasteiger partial charge in [0.25, 0.3) is 0 Å². The average Bonchev–Trinajstić information content (AvgIpc) is 3.04. The zero-order valence-electron chi connectivity index (χ0n) is 12.7. The van der Waals surface area contributed by atoms with E-state index < -0.39 is 11.6 Å². The molecule has 25 heavy (non-hydrogen) atoms. The highest BCUT2D eigenvalue weighted by Gasteiger charge is 2.09. The van der Waals surface area contributed by atoms with Gasteiger partial charge in [0.05, 0.1) is 5.69 Å². The molecule has 0 atom stereocenters. The average molecular weight is 377 g/mol. The van der Waals surface area contributed by atoms with E-state index in [1.54, 1.807) is 29.7 Å². The van der Waals surface area contributed by atoms with Crippen molar-refractivity contribution in [3.8, 4) is 11.3 Å². The van der Waals surface area contributed by atoms with Crippen molar-refractivity contribution < 1.29 is 13.6 Å². The Morgan fingerprint density at radius 2 is 2.00 bits per heavy atom. The van der Waals surface area contributed by atoms with Crippen LogP contribution in [-0.2, 0) is 4.79 Å². The molecule has 126 valence electrons. The zero-order valence-corrected chi connectivity index (χ0v) is 14.2. The van der Waals surface area contributed by atoms with Crippen LogP contribution >= 0.6 is 22.9 Å². The van der Waals surface area contributed by atoms with Crippen molar-refractivity contribution in [2.75, 3.05) is 5.32 Å². The van der Waals surface area contributed by atoms with Gasteiger partial charge in [0.15, 0.2) is 16.8 Å². The number of hydrogen-bond acceptors (Lipinski definition) is 3. The van der Waals surface area contributed by atoms with Crippen LogP contribution in [0.5, 0.6) is 0 Å². The van der Waals surface area contributed by atoms with Gasteiger partial charge >= 0.3 is 0 Å². The summed E-state index contributed by atoms with van der Waals surface area (Å²) < 4.78 is 26.3. The molecular formula is C18H11ClF2N2OS. The van der Waals surface area contributed by atoms with Gasteiger partial charge in [0.1, 0.15) is 0 Å². The lowest BCUT2D eigenvalue weighted by molar-refractivity contribution is -0.111. The summed E-state index contributed by atoms with van der Waals surface area (Å²) in [6, 6.07) is 10.6. The van der Waals surface area contributed by atoms with Gasteiger partial charge in [-0.3, -0.25) is 10.1 Å². The third kappa shape index (κ3) is 4.49. The van der Waals surface area contributed by atoms with Crippen molar-refractivity contribution in [1.29, 1.82) is 0 Å². The fourth-order valence-corrected chi connectivity index (χ4v) is 2.97. The highest BCUT2D eigenvalue weighted by Crippen LogP contribution is 2.26. The Morgan fingerprint density at radius 1 is 1.16 bits per heavy atom. The highest BCUT2D eigenvalue weighted by atomic mass is 35.5. The Kier molecular flexibility index (Phi) is 5.21. The van der Waals surface area contributed by atoms with Crippen molar-refractivity contribution in [3.05, 3.63) is 76.1 Å². The number of benzene rings is 2. The molecule has 3 rings (SSSR count). The molecule has 0 radical (unpaired) electrons. The maximum Gasteiger partial charge on any atom is 0.250 e. The summed E-state index contributed by atoms with van der Waals surface area (Å²) in [5.74, 6) is -2.22. The van der Waals surface area contributed by atoms with Crippen molar-refractivity contribution in [1.82, 2.24) is 4.98 Å². The Morgan fingerprint density at radius 3 is 2.76 bits per heavy atom. The van der Waals surface area contributed by atoms with E-state index in [9.17, 15) is 13.6 Å². The van der Waals surface area contributed by atoms with Gasteiger partial charge in [-0.25, -0.2) is 13.8 Å². The molecule has 0 aliphatic carbocycles. The smallest absolute Gasteiger partial charge is 0.250 e. The summed E-state index contributed by atoms with van der Waals surface area (Å²) in [4.78, 5) is 16.1. The van der Waals surface area contributed by atoms with E-state index in [1.807, 2.05) is 6.07 Å². The number of amides is 1. The van der Waals surface area contributed by atoms with E-state index in [1.165, 1.54) is 23.5 Å². The third-order valence-electron chi connectivity index (χ3n) is 3.23. The molecule has 3 aromatic rings. The van der Waals surface area contributed by atoms with Crippen LogP contribution in [0.15, 0.2) is 53.9 Å². The maximum absolute atomic E-state index is 13.3. The van der Waals surface area contributed by atoms with Crippen LogP contribution in [0.3, 0.4) is 0 Å². The summed E-state index contributed by atoms with van der Waals surface area (Å²) in [6.07, 6.45) is 3.00. The van der Waals surface area contributed by atoms with E-state index in [0.717, 1.165) is 17.7 Å². The molecule has 0 aliphatic heterocycles. The van der Waals surface area contributed by atoms with Crippen LogP contribution in [0.25, 0.3) is 17.3 Å². The van der Waals surface area contributed by atoms with E-state index in [-0.39, 0.29) is 5.91 Å². The van der Waals surface area contributed by atoms with Gasteiger partial charge in [-0.05, 0) is 42.0 Å². The molecule has 0 fully saturated rings. The lowest BCUT2D eigenvalue weighted by atomic mass is 10.2. The molecule has 0 unspecified atom stereocenters. The molecule has 3 nitrogen and oxygen atoms in total. The number of anilines is 1. The van der Waals surface area contributed by atoms with Crippen molar-refractivity contribution in [2.24, 2.45) is 0 Å². The van der Waals surface area contributed by atoms with E-state index in [2.05, 4.69) is 10.3 Å². The van der Waals surface area contributed by atoms with Crippen molar-refractivity contribution in [2.45, 2.75) is 0 Å². The van der Waals surface area contributed by atoms with Crippen LogP contribution in [0, 0.1) is 11.6 Å². The second-order valence-electron chi connectivity index (χ2n) is 5.04. The van der Waals surface area contributed by atoms with Gasteiger partial charge in [-0.2, -0.15) is 0 Å². The second-order valence-corrected chi connectivity index (χ2v) is 6.34. The summed E-state index contributed by atoms with van der Waals surface area (Å²) in [5.41, 5.74) is 1.69. The molecule has 1 aromatic heterocycles. The minimum absolute atomic E-state index is 0.355. The number of nitrogens with one attached hydrogen (secondary N) is 1. The van der Waals surface area contributed by atoms with Crippen LogP contribution in [0.4, 0.5) is 13.9 Å². The molecule has 1 amide bonds. The van der Waals surface area contributed by atoms with Gasteiger partial charge in [-0.15, -0.1) is 11.3 Å². The third-order valence-corrected chi connectivity index (χ3v) is 4.22. The standard InChI is InChI=1S/C18H11ClF2N2OS/c19-13-3-1-2-11(8-13)4-7-17(24)23-18-22-16(10-25-18)12-5-6-14(20)15(21)9-12/h1-10H,(H,22,23,24)/b7-4+. The molecule has 7 heteroatoms. The van der Waals surface area contributed by atoms with Gasteiger partial charge in [-0.1, -0.05) is 23.7 Å². The molecule has 0 spiro atoms. The number of carbonyl (C=O) groups is 1. The number of thiazole rings is 1. The summed E-state index contributed by atoms with van der Waals surface area (Å²) in [5, 5.41) is 5.22. The minimum atomic E-state index is -0.944. The quantitative estimate of drug-likeness (QED) is 0.620. The monoisotopic (exact) mass is 376 g/mol. The zero-order chi connectivity index (χ0) is 17.8. The highest BCUT2D eigenvalue weighted by molar-refractivity contribution is 7.14. The summed E-state index contributed by atoms with van der Waals surface area (Å²) >= 11 is 7.07. The molecule has 0 aliphatic rings. The Balaban J connectivity index is 1.68. The van der Waals surface area contributed by atoms with Crippen LogP contribution in [0.1, 0.15) is 5.56 Å². The van der Waals surface area contributed by atoms with Crippen LogP contribution in [-0.4, -0.2) is 10.9 Å². The van der Waals surface area contributed by atoms with Gasteiger partial charge in [0.2, 0.25) is 5.91 Å². The first kappa shape index (κ1) is 17.3. The van der Waals surface area contributed by atoms with Gasteiger partial charge < -0.3 is 0 Å². The first-order valence-corrected chi connectivity index (χ1v) is 8.42. The molecule has 1 heterocycles. The molecule has 0 saturated heterocycles. The lowest BCUT2D eigenvalue weighted by Crippen LogP contribution is -2.07. The SMILES string of the molecule is O=C(/C=C/c1cccc(Cl)c1)Nc1nc(-c2ccc(F)c(F)c2)cs1. The summed E-state index contributed by atoms with van der Waals surface area (Å²) in [7, 11) is 0. The number of nitrogens with zero attached hydrogens (tertiary/aromatic N) is 1. The fourth-order valence-electron chi connectivity index (χ4n) is 2.05. The topological polar surface area (TPSA) is 42.0 Å². The Hall–Kier alpha value is -2.57. The molecule has 0 bridgehead atoms. The first-order chi connectivity index (χ1) is 12.0. The maximum atomic E-state index is 13.3. The predicted octanol–water partition coefficient (Wildman–Crippen LogP) is 5.39. The van der Waals surface area contributed by atoms with Crippen LogP contribution < -0.4 is 5.32 Å². The molecule has 2 aromatic carbocycles. The predicted molar refractivity (Wildman–Crippen MR) is 96.6 cm³/mol. The van der Waals surface area contributed by atoms with E-state index in [4.69, 9.17) is 11.6 Å². The lowest BCUT2D eigenvalue weighted by Gasteiger charge is -1.99. The second kappa shape index (κ2) is 7.55. The Labute approximate surface area is 151 Å². The molecular weight excluding hydrogens is 366 g/mol. The van der Waals surface area contributed by atoms with Gasteiger partial charge in [0, 0.05) is 22.0 Å². The normalized spacial score (nSPS) is 11.0. The van der Waals surface area contributed by atoms with Crippen molar-refractivity contribution in [3.63, 3.8) is 0 Å². The molecule has 1 N–H and O–H groups in total. The number of hydrogen-bond donors (Lipinski definition) is 1. The number of rotatable bonds is 4. The molecule has 0 saturated carbocycles. The van der Waals surface area contributed by atoms with Crippen molar-refractivity contribution >= 4 is 40.1 Å². The van der Waals surface area contributed by atoms with E-state index in [0.29, 0.717) is 21.4 Å². The van der Waals surface area contributed by atoms with E-state index >= 15 is 0 Å². The minimum Gasteiger partial charge on any atom is -0.298 e. The van der Waals surface area contributed by atoms with Crippen LogP contribution in [0.2, 0.25) is 5.02 Å². The number of aromatic nitrogens is 1. The Bertz CT molecular complexity index is 956. The fraction of sp³-hybridized carbons (Fsp3) is 0. The summed E-state index contributed by atoms with van der Waals surface area (Å²) in [6.45, 7) is 0. The largest absolute Gasteiger partial charge is 0.298 e.